The van der Waals surface area contributed by atoms with E-state index in [2.05, 4.69) is 17.2 Å². The molecule has 5 rings (SSSR count). The van der Waals surface area contributed by atoms with Crippen LogP contribution in [0.5, 0.6) is 5.75 Å². The normalized spacial score (nSPS) is 14.4. The van der Waals surface area contributed by atoms with Crippen LogP contribution in [0.15, 0.2) is 89.2 Å². The number of esters is 1. The molecule has 0 aliphatic carbocycles. The molecule has 3 aromatic carbocycles. The van der Waals surface area contributed by atoms with Gasteiger partial charge in [0.05, 0.1) is 15.6 Å². The van der Waals surface area contributed by atoms with E-state index in [9.17, 15) is 4.79 Å². The molecule has 206 valence electrons. The molecule has 0 saturated carbocycles. The zero-order valence-electron chi connectivity index (χ0n) is 22.1. The third kappa shape index (κ3) is 6.46. The van der Waals surface area contributed by atoms with Crippen molar-refractivity contribution < 1.29 is 14.3 Å². The van der Waals surface area contributed by atoms with E-state index in [-0.39, 0.29) is 6.61 Å². The van der Waals surface area contributed by atoms with Crippen molar-refractivity contribution in [2.75, 3.05) is 11.1 Å². The number of anilines is 1. The van der Waals surface area contributed by atoms with Crippen molar-refractivity contribution in [1.29, 1.82) is 0 Å². The number of hydrogen-bond donors (Lipinski definition) is 1. The monoisotopic (exact) mass is 594 g/mol. The van der Waals surface area contributed by atoms with Crippen LogP contribution in [-0.4, -0.2) is 26.5 Å². The average Bonchev–Trinajstić information content (AvgIpc) is 3.37. The SMILES string of the molecule is CCCSc1nc2n(n1)C(c1ccc(OCc3ccc(Cl)c(Cl)c3)cc1)C(C(=O)OCc1ccccc1)=C(C)N2. The molecule has 0 fully saturated rings. The highest BCUT2D eigenvalue weighted by Gasteiger charge is 2.35. The van der Waals surface area contributed by atoms with Crippen molar-refractivity contribution >= 4 is 46.9 Å². The Hall–Kier alpha value is -3.46. The summed E-state index contributed by atoms with van der Waals surface area (Å²) in [7, 11) is 0. The highest BCUT2D eigenvalue weighted by Crippen LogP contribution is 2.37. The van der Waals surface area contributed by atoms with Gasteiger partial charge in [0.25, 0.3) is 0 Å². The van der Waals surface area contributed by atoms with E-state index in [1.165, 1.54) is 0 Å². The van der Waals surface area contributed by atoms with Crippen LogP contribution in [-0.2, 0) is 22.7 Å². The third-order valence-corrected chi connectivity index (χ3v) is 8.07. The fraction of sp³-hybridized carbons (Fsp3) is 0.233. The molecule has 0 saturated heterocycles. The van der Waals surface area contributed by atoms with Crippen LogP contribution < -0.4 is 10.1 Å². The predicted octanol–water partition coefficient (Wildman–Crippen LogP) is 7.70. The molecule has 1 N–H and O–H groups in total. The lowest BCUT2D eigenvalue weighted by molar-refractivity contribution is -0.140. The Balaban J connectivity index is 1.40. The number of nitrogens with zero attached hydrogens (tertiary/aromatic N) is 3. The minimum Gasteiger partial charge on any atom is -0.489 e. The first kappa shape index (κ1) is 28.1. The molecule has 10 heteroatoms. The Morgan fingerprint density at radius 3 is 2.50 bits per heavy atom. The van der Waals surface area contributed by atoms with Gasteiger partial charge < -0.3 is 14.8 Å². The fourth-order valence-electron chi connectivity index (χ4n) is 4.30. The second-order valence-electron chi connectivity index (χ2n) is 9.25. The summed E-state index contributed by atoms with van der Waals surface area (Å²) in [5, 5.41) is 9.65. The van der Waals surface area contributed by atoms with Gasteiger partial charge in [-0.1, -0.05) is 90.4 Å². The highest BCUT2D eigenvalue weighted by molar-refractivity contribution is 7.99. The number of hydrogen-bond acceptors (Lipinski definition) is 7. The lowest BCUT2D eigenvalue weighted by Gasteiger charge is -2.28. The van der Waals surface area contributed by atoms with Gasteiger partial charge in [-0.2, -0.15) is 4.98 Å². The lowest BCUT2D eigenvalue weighted by atomic mass is 9.95. The van der Waals surface area contributed by atoms with E-state index in [0.29, 0.717) is 44.8 Å². The maximum Gasteiger partial charge on any atom is 0.338 e. The Kier molecular flexibility index (Phi) is 8.99. The lowest BCUT2D eigenvalue weighted by Crippen LogP contribution is -2.29. The van der Waals surface area contributed by atoms with Crippen molar-refractivity contribution in [2.24, 2.45) is 0 Å². The van der Waals surface area contributed by atoms with Crippen LogP contribution in [0.2, 0.25) is 10.0 Å². The van der Waals surface area contributed by atoms with Gasteiger partial charge in [-0.25, -0.2) is 9.48 Å². The number of aromatic nitrogens is 3. The van der Waals surface area contributed by atoms with Crippen LogP contribution in [0.25, 0.3) is 0 Å². The number of halogens is 2. The van der Waals surface area contributed by atoms with Gasteiger partial charge >= 0.3 is 5.97 Å². The van der Waals surface area contributed by atoms with Crippen molar-refractivity contribution in [3.8, 4) is 5.75 Å². The number of carbonyl (C=O) groups is 1. The fourth-order valence-corrected chi connectivity index (χ4v) is 5.31. The number of benzene rings is 3. The zero-order chi connectivity index (χ0) is 28.1. The van der Waals surface area contributed by atoms with E-state index in [1.807, 2.05) is 67.6 Å². The van der Waals surface area contributed by atoms with Crippen LogP contribution in [0.4, 0.5) is 5.95 Å². The van der Waals surface area contributed by atoms with E-state index < -0.39 is 12.0 Å². The number of nitrogens with one attached hydrogen (secondary N) is 1. The first-order chi connectivity index (χ1) is 19.4. The maximum absolute atomic E-state index is 13.5. The number of carbonyl (C=O) groups excluding carboxylic acids is 1. The van der Waals surface area contributed by atoms with E-state index in [4.69, 9.17) is 37.8 Å². The molecule has 1 unspecified atom stereocenters. The summed E-state index contributed by atoms with van der Waals surface area (Å²) in [6.07, 6.45) is 1.00. The van der Waals surface area contributed by atoms with Crippen LogP contribution in [0, 0.1) is 0 Å². The van der Waals surface area contributed by atoms with Crippen LogP contribution >= 0.6 is 35.0 Å². The molecule has 1 atom stereocenters. The number of allylic oxidation sites excluding steroid dienone is 1. The van der Waals surface area contributed by atoms with Crippen LogP contribution in [0.1, 0.15) is 43.0 Å². The Bertz CT molecular complexity index is 1520. The Morgan fingerprint density at radius 1 is 1.00 bits per heavy atom. The molecule has 40 heavy (non-hydrogen) atoms. The second-order valence-corrected chi connectivity index (χ2v) is 11.1. The molecular formula is C30H28Cl2N4O3S. The topological polar surface area (TPSA) is 78.3 Å². The predicted molar refractivity (Wildman–Crippen MR) is 159 cm³/mol. The Morgan fingerprint density at radius 2 is 1.77 bits per heavy atom. The molecule has 0 bridgehead atoms. The molecule has 0 spiro atoms. The maximum atomic E-state index is 13.5. The van der Waals surface area contributed by atoms with Crippen molar-refractivity contribution in [3.05, 3.63) is 111 Å². The molecule has 1 aromatic heterocycles. The molecule has 4 aromatic rings. The summed E-state index contributed by atoms with van der Waals surface area (Å²) in [6, 6.07) is 22.1. The van der Waals surface area contributed by atoms with E-state index in [0.717, 1.165) is 28.9 Å². The summed E-state index contributed by atoms with van der Waals surface area (Å²) >= 11 is 13.7. The second kappa shape index (κ2) is 12.8. The highest BCUT2D eigenvalue weighted by atomic mass is 35.5. The Labute approximate surface area is 247 Å². The summed E-state index contributed by atoms with van der Waals surface area (Å²) in [5.74, 6) is 1.75. The minimum atomic E-state index is -0.521. The van der Waals surface area contributed by atoms with Crippen LogP contribution in [0.3, 0.4) is 0 Å². The van der Waals surface area contributed by atoms with Crippen molar-refractivity contribution in [1.82, 2.24) is 14.8 Å². The first-order valence-corrected chi connectivity index (χ1v) is 14.6. The average molecular weight is 596 g/mol. The minimum absolute atomic E-state index is 0.173. The summed E-state index contributed by atoms with van der Waals surface area (Å²) < 4.78 is 13.5. The van der Waals surface area contributed by atoms with Gasteiger partial charge in [0.15, 0.2) is 0 Å². The van der Waals surface area contributed by atoms with Gasteiger partial charge in [0.1, 0.15) is 25.0 Å². The molecular weight excluding hydrogens is 567 g/mol. The smallest absolute Gasteiger partial charge is 0.338 e. The van der Waals surface area contributed by atoms with Gasteiger partial charge in [-0.05, 0) is 54.3 Å². The number of ether oxygens (including phenoxy) is 2. The molecule has 0 amide bonds. The molecule has 7 nitrogen and oxygen atoms in total. The number of rotatable bonds is 10. The van der Waals surface area contributed by atoms with Crippen molar-refractivity contribution in [3.63, 3.8) is 0 Å². The summed E-state index contributed by atoms with van der Waals surface area (Å²) in [4.78, 5) is 18.2. The van der Waals surface area contributed by atoms with Gasteiger partial charge in [0, 0.05) is 11.4 Å². The molecule has 0 radical (unpaired) electrons. The first-order valence-electron chi connectivity index (χ1n) is 12.9. The van der Waals surface area contributed by atoms with E-state index in [1.54, 1.807) is 28.6 Å². The molecule has 1 aliphatic rings. The summed E-state index contributed by atoms with van der Waals surface area (Å²) in [5.41, 5.74) is 3.83. The number of fused-ring (bicyclic) bond motifs is 1. The zero-order valence-corrected chi connectivity index (χ0v) is 24.4. The molecule has 1 aliphatic heterocycles. The number of thioether (sulfide) groups is 1. The standard InChI is InChI=1S/C30H28Cl2N4O3S/c1-3-15-40-30-34-29-33-19(2)26(28(37)39-17-20-7-5-4-6-8-20)27(36(29)35-30)22-10-12-23(13-11-22)38-18-21-9-14-24(31)25(32)16-21/h4-14,16,27H,3,15,17-18H2,1-2H3,(H,33,34,35). The summed E-state index contributed by atoms with van der Waals surface area (Å²) in [6.45, 7) is 4.48. The van der Waals surface area contributed by atoms with Gasteiger partial charge in [0.2, 0.25) is 11.1 Å². The van der Waals surface area contributed by atoms with Gasteiger partial charge in [-0.3, -0.25) is 0 Å². The van der Waals surface area contributed by atoms with Gasteiger partial charge in [-0.15, -0.1) is 5.10 Å². The van der Waals surface area contributed by atoms with Crippen molar-refractivity contribution in [2.45, 2.75) is 44.7 Å². The van der Waals surface area contributed by atoms with E-state index >= 15 is 0 Å². The third-order valence-electron chi connectivity index (χ3n) is 6.29. The molecule has 2 heterocycles. The largest absolute Gasteiger partial charge is 0.489 e. The quantitative estimate of drug-likeness (QED) is 0.149.